The molecule has 128 valence electrons. The SMILES string of the molecule is [C-]#[N+]c1ccc2c(c1)C1C(N1S(=O)(=O)c1ccc(C)cc1)C(C)(C)O2. The highest BCUT2D eigenvalue weighted by Gasteiger charge is 2.66. The lowest BCUT2D eigenvalue weighted by Gasteiger charge is -2.30. The highest BCUT2D eigenvalue weighted by Crippen LogP contribution is 2.59. The molecule has 0 radical (unpaired) electrons. The second-order valence-corrected chi connectivity index (χ2v) is 8.92. The molecule has 3 atom stereocenters. The summed E-state index contributed by atoms with van der Waals surface area (Å²) in [6.45, 7) is 12.9. The Balaban J connectivity index is 1.81. The van der Waals surface area contributed by atoms with Gasteiger partial charge in [0.05, 0.1) is 23.6 Å². The molecule has 2 aromatic carbocycles. The molecule has 2 heterocycles. The first-order valence-electron chi connectivity index (χ1n) is 8.06. The first kappa shape index (κ1) is 16.1. The normalized spacial score (nSPS) is 25.9. The van der Waals surface area contributed by atoms with E-state index in [1.165, 1.54) is 4.31 Å². The standard InChI is InChI=1S/C19H18N2O3S/c1-12-5-8-14(9-6-12)25(22,23)21-17-15-11-13(20-4)7-10-16(15)24-19(2,3)18(17)21/h5-11,17-18H,1-3H3. The van der Waals surface area contributed by atoms with Gasteiger partial charge >= 0.3 is 0 Å². The Labute approximate surface area is 147 Å². The van der Waals surface area contributed by atoms with Crippen LogP contribution in [0.25, 0.3) is 4.85 Å². The van der Waals surface area contributed by atoms with E-state index in [9.17, 15) is 8.42 Å². The van der Waals surface area contributed by atoms with Crippen molar-refractivity contribution in [3.05, 3.63) is 65.0 Å². The van der Waals surface area contributed by atoms with Crippen LogP contribution in [-0.2, 0) is 10.0 Å². The summed E-state index contributed by atoms with van der Waals surface area (Å²) in [7, 11) is -3.62. The zero-order chi connectivity index (χ0) is 18.0. The largest absolute Gasteiger partial charge is 0.486 e. The molecular weight excluding hydrogens is 336 g/mol. The minimum Gasteiger partial charge on any atom is -0.486 e. The van der Waals surface area contributed by atoms with Crippen molar-refractivity contribution in [2.75, 3.05) is 0 Å². The van der Waals surface area contributed by atoms with Crippen molar-refractivity contribution in [2.45, 2.75) is 43.4 Å². The van der Waals surface area contributed by atoms with Crippen molar-refractivity contribution >= 4 is 15.7 Å². The molecule has 0 bridgehead atoms. The van der Waals surface area contributed by atoms with Gasteiger partial charge in [0.25, 0.3) is 0 Å². The number of hydrogen-bond acceptors (Lipinski definition) is 3. The summed E-state index contributed by atoms with van der Waals surface area (Å²) in [4.78, 5) is 3.73. The van der Waals surface area contributed by atoms with E-state index in [1.807, 2.05) is 20.8 Å². The van der Waals surface area contributed by atoms with Crippen LogP contribution in [0, 0.1) is 13.5 Å². The number of hydrogen-bond donors (Lipinski definition) is 0. The van der Waals surface area contributed by atoms with Crippen molar-refractivity contribution in [2.24, 2.45) is 0 Å². The quantitative estimate of drug-likeness (QED) is 0.608. The second kappa shape index (κ2) is 5.07. The van der Waals surface area contributed by atoms with Crippen LogP contribution in [0.4, 0.5) is 5.69 Å². The monoisotopic (exact) mass is 354 g/mol. The third-order valence-electron chi connectivity index (χ3n) is 4.88. The minimum atomic E-state index is -3.62. The van der Waals surface area contributed by atoms with Gasteiger partial charge in [-0.15, -0.1) is 0 Å². The van der Waals surface area contributed by atoms with Crippen molar-refractivity contribution in [1.29, 1.82) is 0 Å². The predicted molar refractivity (Wildman–Crippen MR) is 94.1 cm³/mol. The Bertz CT molecular complexity index is 1000. The number of sulfonamides is 1. The average Bonchev–Trinajstić information content (AvgIpc) is 3.33. The van der Waals surface area contributed by atoms with E-state index in [-0.39, 0.29) is 17.0 Å². The van der Waals surface area contributed by atoms with Gasteiger partial charge in [0.15, 0.2) is 5.69 Å². The van der Waals surface area contributed by atoms with E-state index in [2.05, 4.69) is 4.85 Å². The van der Waals surface area contributed by atoms with Crippen molar-refractivity contribution < 1.29 is 13.2 Å². The van der Waals surface area contributed by atoms with Gasteiger partial charge < -0.3 is 4.74 Å². The zero-order valence-electron chi connectivity index (χ0n) is 14.2. The number of fused-ring (bicyclic) bond motifs is 3. The Hall–Kier alpha value is -2.36. The Morgan fingerprint density at radius 3 is 2.48 bits per heavy atom. The van der Waals surface area contributed by atoms with Gasteiger partial charge in [-0.3, -0.25) is 0 Å². The smallest absolute Gasteiger partial charge is 0.244 e. The summed E-state index contributed by atoms with van der Waals surface area (Å²) < 4.78 is 33.8. The minimum absolute atomic E-state index is 0.271. The van der Waals surface area contributed by atoms with Gasteiger partial charge in [0, 0.05) is 5.56 Å². The molecule has 2 aliphatic heterocycles. The van der Waals surface area contributed by atoms with Gasteiger partial charge in [0.1, 0.15) is 11.4 Å². The molecule has 0 aliphatic carbocycles. The van der Waals surface area contributed by atoms with E-state index in [0.717, 1.165) is 11.1 Å². The molecule has 2 aromatic rings. The first-order valence-corrected chi connectivity index (χ1v) is 9.50. The van der Waals surface area contributed by atoms with Crippen LogP contribution < -0.4 is 4.74 Å². The lowest BCUT2D eigenvalue weighted by atomic mass is 9.94. The molecule has 25 heavy (non-hydrogen) atoms. The van der Waals surface area contributed by atoms with E-state index >= 15 is 0 Å². The highest BCUT2D eigenvalue weighted by molar-refractivity contribution is 7.89. The van der Waals surface area contributed by atoms with E-state index < -0.39 is 15.6 Å². The lowest BCUT2D eigenvalue weighted by molar-refractivity contribution is 0.0904. The van der Waals surface area contributed by atoms with Gasteiger partial charge in [-0.2, -0.15) is 4.31 Å². The van der Waals surface area contributed by atoms with Crippen molar-refractivity contribution in [3.8, 4) is 5.75 Å². The van der Waals surface area contributed by atoms with E-state index in [4.69, 9.17) is 11.3 Å². The Morgan fingerprint density at radius 1 is 1.16 bits per heavy atom. The maximum Gasteiger partial charge on any atom is 0.244 e. The molecule has 0 aromatic heterocycles. The summed E-state index contributed by atoms with van der Waals surface area (Å²) in [5, 5.41) is 0. The fourth-order valence-corrected chi connectivity index (χ4v) is 5.47. The molecule has 6 heteroatoms. The third-order valence-corrected chi connectivity index (χ3v) is 6.76. The van der Waals surface area contributed by atoms with Crippen LogP contribution in [0.2, 0.25) is 0 Å². The summed E-state index contributed by atoms with van der Waals surface area (Å²) >= 11 is 0. The van der Waals surface area contributed by atoms with Crippen LogP contribution in [0.3, 0.4) is 0 Å². The molecular formula is C19H18N2O3S. The number of benzene rings is 2. The predicted octanol–water partition coefficient (Wildman–Crippen LogP) is 3.83. The van der Waals surface area contributed by atoms with Crippen LogP contribution in [0.1, 0.15) is 31.0 Å². The molecule has 0 amide bonds. The van der Waals surface area contributed by atoms with Crippen molar-refractivity contribution in [1.82, 2.24) is 4.31 Å². The molecule has 5 nitrogen and oxygen atoms in total. The van der Waals surface area contributed by atoms with Gasteiger partial charge in [-0.25, -0.2) is 13.3 Å². The summed E-state index contributed by atoms with van der Waals surface area (Å²) in [5.74, 6) is 0.653. The topological polar surface area (TPSA) is 50.7 Å². The van der Waals surface area contributed by atoms with Crippen molar-refractivity contribution in [3.63, 3.8) is 0 Å². The maximum absolute atomic E-state index is 13.1. The maximum atomic E-state index is 13.1. The molecule has 0 saturated carbocycles. The molecule has 0 spiro atoms. The third kappa shape index (κ3) is 2.35. The Kier molecular flexibility index (Phi) is 3.27. The summed E-state index contributed by atoms with van der Waals surface area (Å²) in [6.07, 6.45) is 0. The fraction of sp³-hybridized carbons (Fsp3) is 0.316. The van der Waals surface area contributed by atoms with E-state index in [1.54, 1.807) is 42.5 Å². The summed E-state index contributed by atoms with van der Waals surface area (Å²) in [6, 6.07) is 11.5. The second-order valence-electron chi connectivity index (χ2n) is 7.08. The van der Waals surface area contributed by atoms with Crippen LogP contribution >= 0.6 is 0 Å². The molecule has 1 fully saturated rings. The molecule has 4 rings (SSSR count). The number of aryl methyl sites for hydroxylation is 1. The number of rotatable bonds is 2. The number of nitrogens with zero attached hydrogens (tertiary/aromatic N) is 2. The summed E-state index contributed by atoms with van der Waals surface area (Å²) in [5.41, 5.74) is 1.64. The van der Waals surface area contributed by atoms with Gasteiger partial charge in [-0.1, -0.05) is 23.8 Å². The van der Waals surface area contributed by atoms with Gasteiger partial charge in [-0.05, 0) is 45.0 Å². The van der Waals surface area contributed by atoms with E-state index in [0.29, 0.717) is 11.4 Å². The Morgan fingerprint density at radius 2 is 1.84 bits per heavy atom. The van der Waals surface area contributed by atoms with Crippen LogP contribution in [0.15, 0.2) is 47.4 Å². The number of ether oxygens (including phenoxy) is 1. The highest BCUT2D eigenvalue weighted by atomic mass is 32.2. The molecule has 3 unspecified atom stereocenters. The first-order chi connectivity index (χ1) is 11.8. The molecule has 0 N–H and O–H groups in total. The molecule has 1 saturated heterocycles. The lowest BCUT2D eigenvalue weighted by Crippen LogP contribution is -2.39. The average molecular weight is 354 g/mol. The van der Waals surface area contributed by atoms with Crippen LogP contribution in [-0.4, -0.2) is 24.4 Å². The molecule has 2 aliphatic rings. The zero-order valence-corrected chi connectivity index (χ0v) is 15.0. The van der Waals surface area contributed by atoms with Gasteiger partial charge in [0.2, 0.25) is 10.0 Å². The van der Waals surface area contributed by atoms with Crippen LogP contribution in [0.5, 0.6) is 5.75 Å². The fourth-order valence-electron chi connectivity index (χ4n) is 3.61.